The largest absolute Gasteiger partial charge is 0.474 e. The van der Waals surface area contributed by atoms with Crippen LogP contribution in [0.1, 0.15) is 70.2 Å². The predicted molar refractivity (Wildman–Crippen MR) is 246 cm³/mol. The molecule has 0 bridgehead atoms. The smallest absolute Gasteiger partial charge is 0.333 e. The lowest BCUT2D eigenvalue weighted by Crippen LogP contribution is -2.35. The molecule has 3 unspecified atom stereocenters. The Hall–Kier alpha value is -5.87. The Kier molecular flexibility index (Phi) is 13.6. The van der Waals surface area contributed by atoms with Gasteiger partial charge in [-0.05, 0) is 122 Å². The average molecular weight is 1030 g/mol. The third-order valence-corrected chi connectivity index (χ3v) is 16.1. The molecule has 27 heteroatoms. The number of aliphatic hydroxyl groups is 1. The van der Waals surface area contributed by atoms with Crippen LogP contribution in [0.5, 0.6) is 17.6 Å². The van der Waals surface area contributed by atoms with Gasteiger partial charge in [-0.15, -0.1) is 0 Å². The van der Waals surface area contributed by atoms with E-state index in [-0.39, 0.29) is 71.8 Å². The first-order valence-electron chi connectivity index (χ1n) is 22.7. The lowest BCUT2D eigenvalue weighted by Gasteiger charge is -2.20. The van der Waals surface area contributed by atoms with Crippen LogP contribution in [0, 0.1) is 0 Å². The number of alkyl halides is 2. The van der Waals surface area contributed by atoms with E-state index < -0.39 is 54.5 Å². The summed E-state index contributed by atoms with van der Waals surface area (Å²) in [6, 6.07) is 3.83. The molecule has 5 aromatic rings. The van der Waals surface area contributed by atoms with Gasteiger partial charge in [0.15, 0.2) is 27.0 Å². The van der Waals surface area contributed by atoms with Crippen LogP contribution in [0.4, 0.5) is 25.0 Å². The fraction of sp³-hybridized carbons (Fsp3) is 0.488. The summed E-state index contributed by atoms with van der Waals surface area (Å²) in [6.45, 7) is -0.250. The summed E-state index contributed by atoms with van der Waals surface area (Å²) in [5.41, 5.74) is 18.8. The van der Waals surface area contributed by atoms with Crippen LogP contribution in [-0.4, -0.2) is 104 Å². The molecule has 22 nitrogen and oxygen atoms in total. The first-order chi connectivity index (χ1) is 33.2. The minimum atomic E-state index is -4.22. The Bertz CT molecular complexity index is 3050. The maximum Gasteiger partial charge on any atom is 0.333 e. The van der Waals surface area contributed by atoms with Gasteiger partial charge in [-0.25, -0.2) is 67.9 Å². The molecule has 0 saturated heterocycles. The normalized spacial score (nSPS) is 20.3. The minimum Gasteiger partial charge on any atom is -0.474 e. The zero-order chi connectivity index (χ0) is 49.7. The summed E-state index contributed by atoms with van der Waals surface area (Å²) in [4.78, 5) is 12.0. The molecule has 7 aliphatic rings. The first-order valence-corrected chi connectivity index (χ1v) is 27.3. The number of aryl methyl sites for hydroxylation is 4. The number of carbonyl (C=O) groups excluding carboxylic acids is 1. The molecule has 0 fully saturated rings. The molecule has 378 valence electrons. The van der Waals surface area contributed by atoms with Crippen LogP contribution in [0.15, 0.2) is 45.4 Å². The van der Waals surface area contributed by atoms with Crippen molar-refractivity contribution < 1.29 is 58.1 Å². The standard InChI is InChI=1S/C19H21FN4O4S.C12H15N.C6H8FN3O3S.C6H9N3O4S/c20-13-9-24-18(28-10-13)16(8-21-24)29(26,27)23-19(25)22-17-14-5-1-3-11(14)7-12-4-2-6-15(12)17;13-12-10-5-1-3-8(10)7-9-4-2-6-11(9)12;7-4-2-10-6(13-3-4)5(1-9-10)14(8,11)12;7-14(11,12)5-1-8-9-2-4(10)3-13-6(5)9/h7-8,13H,1-6,9-10H2,(H2,22,23,25);7H,1-6,13H2;1,4H,2-3H2,(H2,8,11,12);1,4,10H,2-3H2,(H2,7,11,12). The topological polar surface area (TPSA) is 323 Å². The molecule has 2 aromatic carbocycles. The molecule has 6 heterocycles. The first kappa shape index (κ1) is 49.1. The lowest BCUT2D eigenvalue weighted by molar-refractivity contribution is 0.0537. The maximum absolute atomic E-state index is 13.4. The number of anilines is 2. The minimum absolute atomic E-state index is 0.00907. The van der Waals surface area contributed by atoms with Gasteiger partial charge in [0.25, 0.3) is 10.0 Å². The molecular weight excluding hydrogens is 981 g/mol. The number of rotatable bonds is 5. The number of sulfonamides is 3. The summed E-state index contributed by atoms with van der Waals surface area (Å²) >= 11 is 0. The molecule has 3 aromatic heterocycles. The second-order valence-corrected chi connectivity index (χ2v) is 22.6. The van der Waals surface area contributed by atoms with Crippen LogP contribution < -0.4 is 40.3 Å². The summed E-state index contributed by atoms with van der Waals surface area (Å²) in [5, 5.41) is 33.1. The molecule has 0 spiro atoms. The second kappa shape index (κ2) is 19.4. The number of halogens is 2. The molecule has 9 N–H and O–H groups in total. The van der Waals surface area contributed by atoms with Crippen LogP contribution >= 0.6 is 0 Å². The Labute approximate surface area is 402 Å². The van der Waals surface area contributed by atoms with Crippen LogP contribution in [0.2, 0.25) is 0 Å². The third-order valence-electron chi connectivity index (χ3n) is 13.0. The zero-order valence-corrected chi connectivity index (χ0v) is 40.2. The highest BCUT2D eigenvalue weighted by molar-refractivity contribution is 7.90. The van der Waals surface area contributed by atoms with Crippen LogP contribution in [0.3, 0.4) is 0 Å². The number of nitrogens with one attached hydrogen (secondary N) is 2. The van der Waals surface area contributed by atoms with E-state index in [0.29, 0.717) is 0 Å². The summed E-state index contributed by atoms with van der Waals surface area (Å²) in [5.74, 6) is 0.0555. The molecule has 12 rings (SSSR count). The summed E-state index contributed by atoms with van der Waals surface area (Å²) < 4.78 is 116. The van der Waals surface area contributed by atoms with E-state index in [1.54, 1.807) is 0 Å². The molecular formula is C43H53F2N11O11S3. The fourth-order valence-electron chi connectivity index (χ4n) is 9.86. The number of aliphatic hydroxyl groups excluding tert-OH is 1. The monoisotopic (exact) mass is 1030 g/mol. The maximum atomic E-state index is 13.4. The highest BCUT2D eigenvalue weighted by Crippen LogP contribution is 2.39. The Morgan fingerprint density at radius 3 is 1.44 bits per heavy atom. The Balaban J connectivity index is 0.000000125. The quantitative estimate of drug-likeness (QED) is 0.137. The van der Waals surface area contributed by atoms with Crippen molar-refractivity contribution in [3.05, 3.63) is 75.2 Å². The number of nitrogens with zero attached hydrogens (tertiary/aromatic N) is 6. The van der Waals surface area contributed by atoms with E-state index in [9.17, 15) is 43.9 Å². The number of hydrogen-bond donors (Lipinski definition) is 6. The van der Waals surface area contributed by atoms with E-state index in [0.717, 1.165) is 89.0 Å². The SMILES string of the molecule is NS(=O)(=O)c1cnn2c1OCC(F)C2.NS(=O)(=O)c1cnn2c1OCC(O)C2.Nc1c2c(cc3c1CCC3)CCC2.O=C(Nc1c2c(cc3c1CCC3)CCC2)NS(=O)(=O)c1cnn2c1OCC(F)C2. The van der Waals surface area contributed by atoms with Crippen molar-refractivity contribution in [1.29, 1.82) is 0 Å². The van der Waals surface area contributed by atoms with Crippen molar-refractivity contribution in [2.24, 2.45) is 10.3 Å². The zero-order valence-electron chi connectivity index (χ0n) is 37.8. The number of nitrogens with two attached hydrogens (primary N) is 3. The molecule has 3 aliphatic heterocycles. The van der Waals surface area contributed by atoms with E-state index >= 15 is 0 Å². The number of nitrogen functional groups attached to an aromatic ring is 1. The van der Waals surface area contributed by atoms with Gasteiger partial charge in [-0.3, -0.25) is 0 Å². The molecule has 4 aliphatic carbocycles. The van der Waals surface area contributed by atoms with E-state index in [2.05, 4.69) is 32.7 Å². The van der Waals surface area contributed by atoms with E-state index in [1.807, 2.05) is 4.72 Å². The van der Waals surface area contributed by atoms with Crippen molar-refractivity contribution in [1.82, 2.24) is 34.1 Å². The lowest BCUT2D eigenvalue weighted by atomic mass is 9.99. The molecule has 70 heavy (non-hydrogen) atoms. The van der Waals surface area contributed by atoms with Gasteiger partial charge in [-0.1, -0.05) is 12.1 Å². The van der Waals surface area contributed by atoms with Crippen molar-refractivity contribution in [2.45, 2.75) is 130 Å². The second-order valence-electron chi connectivity index (χ2n) is 17.9. The number of aromatic nitrogens is 6. The van der Waals surface area contributed by atoms with Crippen LogP contribution in [0.25, 0.3) is 0 Å². The summed E-state index contributed by atoms with van der Waals surface area (Å²) in [6.07, 6.45) is 13.5. The van der Waals surface area contributed by atoms with Crippen LogP contribution in [-0.2, 0) is 101 Å². The fourth-order valence-corrected chi connectivity index (χ4v) is 12.1. The molecule has 2 amide bonds. The number of hydrogen-bond acceptors (Lipinski definition) is 15. The van der Waals surface area contributed by atoms with Gasteiger partial charge in [0.1, 0.15) is 25.9 Å². The van der Waals surface area contributed by atoms with Gasteiger partial charge in [-0.2, -0.15) is 15.3 Å². The molecule has 0 saturated carbocycles. The number of amides is 2. The van der Waals surface area contributed by atoms with Gasteiger partial charge in [0.05, 0.1) is 38.2 Å². The number of benzene rings is 2. The Morgan fingerprint density at radius 1 is 0.600 bits per heavy atom. The number of urea groups is 1. The van der Waals surface area contributed by atoms with Crippen molar-refractivity contribution in [3.63, 3.8) is 0 Å². The van der Waals surface area contributed by atoms with Gasteiger partial charge >= 0.3 is 6.03 Å². The average Bonchev–Trinajstić information content (AvgIpc) is 4.15. The highest BCUT2D eigenvalue weighted by Gasteiger charge is 2.33. The number of fused-ring (bicyclic) bond motifs is 7. The van der Waals surface area contributed by atoms with Crippen molar-refractivity contribution in [2.75, 3.05) is 30.9 Å². The van der Waals surface area contributed by atoms with Crippen molar-refractivity contribution >= 4 is 47.5 Å². The van der Waals surface area contributed by atoms with Gasteiger partial charge in [0, 0.05) is 11.4 Å². The Morgan fingerprint density at radius 2 is 0.986 bits per heavy atom. The number of carbonyl (C=O) groups is 1. The summed E-state index contributed by atoms with van der Waals surface area (Å²) in [7, 11) is -11.9. The number of ether oxygens (including phenoxy) is 3. The number of primary sulfonamides is 2. The van der Waals surface area contributed by atoms with E-state index in [1.165, 1.54) is 76.6 Å². The third kappa shape index (κ3) is 10.2. The molecule has 0 radical (unpaired) electrons. The van der Waals surface area contributed by atoms with E-state index in [4.69, 9.17) is 30.2 Å². The highest BCUT2D eigenvalue weighted by atomic mass is 32.2. The van der Waals surface area contributed by atoms with Crippen molar-refractivity contribution in [3.8, 4) is 17.6 Å². The molecule has 3 atom stereocenters. The van der Waals surface area contributed by atoms with Gasteiger partial charge in [0.2, 0.25) is 37.7 Å². The van der Waals surface area contributed by atoms with Gasteiger partial charge < -0.3 is 30.4 Å². The predicted octanol–water partition coefficient (Wildman–Crippen LogP) is 1.89.